The molecule has 0 unspecified atom stereocenters. The van der Waals surface area contributed by atoms with E-state index in [1.165, 1.54) is 0 Å². The zero-order valence-electron chi connectivity index (χ0n) is 6.50. The highest BCUT2D eigenvalue weighted by Crippen LogP contribution is 1.93. The molecule has 0 amide bonds. The molecule has 10 heavy (non-hydrogen) atoms. The van der Waals surface area contributed by atoms with Gasteiger partial charge in [-0.3, -0.25) is 0 Å². The lowest BCUT2D eigenvalue weighted by molar-refractivity contribution is -0.116. The Labute approximate surface area is 61.6 Å². The number of aliphatic hydroxyl groups is 1. The van der Waals surface area contributed by atoms with Crippen molar-refractivity contribution >= 4 is 5.78 Å². The molecule has 58 valence electrons. The molecule has 0 heterocycles. The molecule has 0 radical (unpaired) electrons. The normalized spacial score (nSPS) is 13.9. The van der Waals surface area contributed by atoms with Crippen LogP contribution in [0.15, 0.2) is 12.2 Å². The van der Waals surface area contributed by atoms with Crippen LogP contribution in [0.3, 0.4) is 0 Å². The fraction of sp³-hybridized carbons (Fsp3) is 0.625. The minimum atomic E-state index is -0.396. The van der Waals surface area contributed by atoms with Crippen LogP contribution in [-0.4, -0.2) is 17.0 Å². The monoisotopic (exact) mass is 142 g/mol. The van der Waals surface area contributed by atoms with Crippen LogP contribution in [0.25, 0.3) is 0 Å². The molecule has 0 fully saturated rings. The van der Waals surface area contributed by atoms with E-state index in [4.69, 9.17) is 5.11 Å². The number of carbonyl (C=O) groups is 1. The zero-order chi connectivity index (χ0) is 7.98. The van der Waals surface area contributed by atoms with E-state index in [-0.39, 0.29) is 5.78 Å². The van der Waals surface area contributed by atoms with Crippen molar-refractivity contribution in [3.05, 3.63) is 12.2 Å². The molecule has 1 N–H and O–H groups in total. The summed E-state index contributed by atoms with van der Waals surface area (Å²) in [5.41, 5.74) is 0. The standard InChI is InChI=1S/C8H14O2/c1-7(9)5-3-4-6-8(2)10/h3,5,7,9H,4,6H2,1-2H3/b5-3+/t7-/m0/s1. The van der Waals surface area contributed by atoms with Gasteiger partial charge in [0, 0.05) is 6.42 Å². The molecule has 1 atom stereocenters. The van der Waals surface area contributed by atoms with E-state index in [1.54, 1.807) is 19.9 Å². The summed E-state index contributed by atoms with van der Waals surface area (Å²) in [6.45, 7) is 3.25. The quantitative estimate of drug-likeness (QED) is 0.600. The number of hydrogen-bond donors (Lipinski definition) is 1. The minimum Gasteiger partial charge on any atom is -0.389 e. The maximum absolute atomic E-state index is 10.4. The van der Waals surface area contributed by atoms with Crippen molar-refractivity contribution in [2.45, 2.75) is 32.8 Å². The molecule has 0 aliphatic carbocycles. The Morgan fingerprint density at radius 3 is 2.70 bits per heavy atom. The fourth-order valence-electron chi connectivity index (χ4n) is 0.580. The summed E-state index contributed by atoms with van der Waals surface area (Å²) in [4.78, 5) is 10.4. The number of allylic oxidation sites excluding steroid dienone is 1. The average molecular weight is 142 g/mol. The topological polar surface area (TPSA) is 37.3 Å². The molecular formula is C8H14O2. The van der Waals surface area contributed by atoms with Crippen LogP contribution in [0.5, 0.6) is 0 Å². The molecule has 0 spiro atoms. The molecule has 0 bridgehead atoms. The second-order valence-corrected chi connectivity index (χ2v) is 2.41. The van der Waals surface area contributed by atoms with Crippen molar-refractivity contribution in [3.8, 4) is 0 Å². The van der Waals surface area contributed by atoms with Crippen molar-refractivity contribution in [1.29, 1.82) is 0 Å². The maximum atomic E-state index is 10.4. The summed E-state index contributed by atoms with van der Waals surface area (Å²) < 4.78 is 0. The third kappa shape index (κ3) is 7.37. The first-order valence-electron chi connectivity index (χ1n) is 3.47. The third-order valence-electron chi connectivity index (χ3n) is 1.08. The van der Waals surface area contributed by atoms with Crippen LogP contribution in [0.4, 0.5) is 0 Å². The lowest BCUT2D eigenvalue weighted by Crippen LogP contribution is -1.92. The summed E-state index contributed by atoms with van der Waals surface area (Å²) in [6.07, 6.45) is 4.42. The van der Waals surface area contributed by atoms with Crippen molar-refractivity contribution in [2.24, 2.45) is 0 Å². The Morgan fingerprint density at radius 1 is 1.70 bits per heavy atom. The summed E-state index contributed by atoms with van der Waals surface area (Å²) in [6, 6.07) is 0. The van der Waals surface area contributed by atoms with Gasteiger partial charge in [-0.15, -0.1) is 0 Å². The highest BCUT2D eigenvalue weighted by molar-refractivity contribution is 5.75. The number of Topliss-reactive ketones (excluding diaryl/α,β-unsaturated/α-hetero) is 1. The van der Waals surface area contributed by atoms with E-state index in [2.05, 4.69) is 0 Å². The summed E-state index contributed by atoms with van der Waals surface area (Å²) >= 11 is 0. The van der Waals surface area contributed by atoms with E-state index in [0.717, 1.165) is 6.42 Å². The Morgan fingerprint density at radius 2 is 2.30 bits per heavy atom. The number of carbonyl (C=O) groups excluding carboxylic acids is 1. The van der Waals surface area contributed by atoms with Gasteiger partial charge in [-0.2, -0.15) is 0 Å². The van der Waals surface area contributed by atoms with Crippen LogP contribution >= 0.6 is 0 Å². The highest BCUT2D eigenvalue weighted by Gasteiger charge is 1.89. The van der Waals surface area contributed by atoms with Gasteiger partial charge in [-0.1, -0.05) is 12.2 Å². The molecule has 0 aromatic rings. The van der Waals surface area contributed by atoms with Crippen LogP contribution in [0, 0.1) is 0 Å². The van der Waals surface area contributed by atoms with Gasteiger partial charge in [0.15, 0.2) is 0 Å². The fourth-order valence-corrected chi connectivity index (χ4v) is 0.580. The van der Waals surface area contributed by atoms with E-state index in [9.17, 15) is 4.79 Å². The average Bonchev–Trinajstić information content (AvgIpc) is 1.79. The number of ketones is 1. The SMILES string of the molecule is CC(=O)CC/C=C/[C@H](C)O. The van der Waals surface area contributed by atoms with Crippen molar-refractivity contribution in [1.82, 2.24) is 0 Å². The van der Waals surface area contributed by atoms with Gasteiger partial charge < -0.3 is 9.90 Å². The van der Waals surface area contributed by atoms with Crippen LogP contribution in [-0.2, 0) is 4.79 Å². The van der Waals surface area contributed by atoms with Crippen molar-refractivity contribution in [3.63, 3.8) is 0 Å². The molecule has 0 aromatic carbocycles. The third-order valence-corrected chi connectivity index (χ3v) is 1.08. The largest absolute Gasteiger partial charge is 0.389 e. The smallest absolute Gasteiger partial charge is 0.130 e. The summed E-state index contributed by atoms with van der Waals surface area (Å²) in [5, 5.41) is 8.75. The minimum absolute atomic E-state index is 0.190. The molecule has 2 heteroatoms. The Kier molecular flexibility index (Phi) is 4.85. The molecular weight excluding hydrogens is 128 g/mol. The van der Waals surface area contributed by atoms with Crippen molar-refractivity contribution < 1.29 is 9.90 Å². The van der Waals surface area contributed by atoms with Gasteiger partial charge in [0.05, 0.1) is 6.10 Å². The number of aliphatic hydroxyl groups excluding tert-OH is 1. The lowest BCUT2D eigenvalue weighted by Gasteiger charge is -1.92. The molecule has 0 saturated carbocycles. The van der Waals surface area contributed by atoms with E-state index in [0.29, 0.717) is 6.42 Å². The first-order chi connectivity index (χ1) is 4.63. The van der Waals surface area contributed by atoms with Gasteiger partial charge in [0.1, 0.15) is 5.78 Å². The number of hydrogen-bond acceptors (Lipinski definition) is 2. The second kappa shape index (κ2) is 5.18. The van der Waals surface area contributed by atoms with Gasteiger partial charge in [0.2, 0.25) is 0 Å². The van der Waals surface area contributed by atoms with Gasteiger partial charge in [0.25, 0.3) is 0 Å². The van der Waals surface area contributed by atoms with Gasteiger partial charge >= 0.3 is 0 Å². The maximum Gasteiger partial charge on any atom is 0.130 e. The Bertz CT molecular complexity index is 125. The zero-order valence-corrected chi connectivity index (χ0v) is 6.50. The second-order valence-electron chi connectivity index (χ2n) is 2.41. The number of rotatable bonds is 4. The first-order valence-corrected chi connectivity index (χ1v) is 3.47. The Balaban J connectivity index is 3.27. The predicted octanol–water partition coefficient (Wildman–Crippen LogP) is 1.29. The van der Waals surface area contributed by atoms with Gasteiger partial charge in [-0.05, 0) is 20.3 Å². The van der Waals surface area contributed by atoms with E-state index >= 15 is 0 Å². The van der Waals surface area contributed by atoms with E-state index < -0.39 is 6.10 Å². The van der Waals surface area contributed by atoms with Crippen molar-refractivity contribution in [2.75, 3.05) is 0 Å². The highest BCUT2D eigenvalue weighted by atomic mass is 16.3. The lowest BCUT2D eigenvalue weighted by atomic mass is 10.2. The van der Waals surface area contributed by atoms with Crippen LogP contribution < -0.4 is 0 Å². The van der Waals surface area contributed by atoms with Gasteiger partial charge in [-0.25, -0.2) is 0 Å². The summed E-state index contributed by atoms with van der Waals surface area (Å²) in [7, 11) is 0. The van der Waals surface area contributed by atoms with Crippen LogP contribution in [0.2, 0.25) is 0 Å². The van der Waals surface area contributed by atoms with E-state index in [1.807, 2.05) is 6.08 Å². The first kappa shape index (κ1) is 9.37. The molecule has 0 saturated heterocycles. The Hall–Kier alpha value is -0.630. The molecule has 0 rings (SSSR count). The predicted molar refractivity (Wildman–Crippen MR) is 40.7 cm³/mol. The molecule has 2 nitrogen and oxygen atoms in total. The molecule has 0 aliphatic heterocycles. The molecule has 0 aliphatic rings. The molecule has 0 aromatic heterocycles. The van der Waals surface area contributed by atoms with Crippen LogP contribution in [0.1, 0.15) is 26.7 Å². The summed E-state index contributed by atoms with van der Waals surface area (Å²) in [5.74, 6) is 0.190.